The first kappa shape index (κ1) is 13.2. The van der Waals surface area contributed by atoms with Crippen molar-refractivity contribution in [2.45, 2.75) is 26.6 Å². The number of H-pyrrole nitrogens is 1. The zero-order valence-electron chi connectivity index (χ0n) is 10.7. The zero-order chi connectivity index (χ0) is 14.0. The molecule has 0 saturated carbocycles. The van der Waals surface area contributed by atoms with Crippen LogP contribution in [0.5, 0.6) is 0 Å². The molecule has 0 atom stereocenters. The summed E-state index contributed by atoms with van der Waals surface area (Å²) in [4.78, 5) is 25.4. The molecule has 1 aromatic heterocycles. The van der Waals surface area contributed by atoms with Gasteiger partial charge in [-0.25, -0.2) is 0 Å². The number of pyridine rings is 1. The quantitative estimate of drug-likeness (QED) is 0.677. The Hall–Kier alpha value is -2.21. The Kier molecular flexibility index (Phi) is 3.62. The van der Waals surface area contributed by atoms with Gasteiger partial charge in [0, 0.05) is 17.8 Å². The third-order valence-electron chi connectivity index (χ3n) is 2.74. The summed E-state index contributed by atoms with van der Waals surface area (Å²) >= 11 is 0. The van der Waals surface area contributed by atoms with Crippen molar-refractivity contribution in [2.75, 3.05) is 0 Å². The molecule has 0 aliphatic rings. The first-order chi connectivity index (χ1) is 9.00. The van der Waals surface area contributed by atoms with Crippen LogP contribution in [0.25, 0.3) is 10.9 Å². The van der Waals surface area contributed by atoms with Crippen LogP contribution in [-0.2, 0) is 11.3 Å². The second-order valence-electron chi connectivity index (χ2n) is 4.46. The number of ether oxygens (including phenoxy) is 1. The summed E-state index contributed by atoms with van der Waals surface area (Å²) in [5.74, 6) is 0. The van der Waals surface area contributed by atoms with E-state index in [1.54, 1.807) is 6.07 Å². The van der Waals surface area contributed by atoms with Crippen molar-refractivity contribution in [2.24, 2.45) is 0 Å². The summed E-state index contributed by atoms with van der Waals surface area (Å²) in [6, 6.07) is 4.44. The van der Waals surface area contributed by atoms with Crippen molar-refractivity contribution in [1.82, 2.24) is 4.98 Å². The van der Waals surface area contributed by atoms with E-state index in [-0.39, 0.29) is 29.3 Å². The van der Waals surface area contributed by atoms with E-state index in [2.05, 4.69) is 4.98 Å². The smallest absolute Gasteiger partial charge is 0.293 e. The van der Waals surface area contributed by atoms with E-state index in [1.165, 1.54) is 18.3 Å². The fourth-order valence-corrected chi connectivity index (χ4v) is 1.79. The van der Waals surface area contributed by atoms with E-state index in [9.17, 15) is 14.9 Å². The topological polar surface area (TPSA) is 85.2 Å². The van der Waals surface area contributed by atoms with Gasteiger partial charge in [0.25, 0.3) is 5.69 Å². The van der Waals surface area contributed by atoms with Gasteiger partial charge in [0.15, 0.2) is 5.43 Å². The summed E-state index contributed by atoms with van der Waals surface area (Å²) in [7, 11) is 0. The molecule has 0 fully saturated rings. The second kappa shape index (κ2) is 5.19. The Morgan fingerprint density at radius 2 is 2.16 bits per heavy atom. The number of fused-ring (bicyclic) bond motifs is 1. The maximum Gasteiger partial charge on any atom is 0.293 e. The van der Waals surface area contributed by atoms with Crippen molar-refractivity contribution in [3.63, 3.8) is 0 Å². The molecule has 0 unspecified atom stereocenters. The molecule has 0 bridgehead atoms. The lowest BCUT2D eigenvalue weighted by atomic mass is 10.1. The first-order valence-corrected chi connectivity index (χ1v) is 5.90. The minimum absolute atomic E-state index is 0.0141. The Bertz CT molecular complexity index is 676. The van der Waals surface area contributed by atoms with Gasteiger partial charge in [0.2, 0.25) is 0 Å². The molecule has 0 aliphatic carbocycles. The summed E-state index contributed by atoms with van der Waals surface area (Å²) in [6.07, 6.45) is 1.49. The van der Waals surface area contributed by atoms with Crippen molar-refractivity contribution in [3.8, 4) is 0 Å². The van der Waals surface area contributed by atoms with E-state index in [0.29, 0.717) is 10.9 Å². The Balaban J connectivity index is 2.54. The van der Waals surface area contributed by atoms with E-state index >= 15 is 0 Å². The number of nitro groups is 1. The Morgan fingerprint density at radius 1 is 1.42 bits per heavy atom. The van der Waals surface area contributed by atoms with E-state index in [0.717, 1.165) is 0 Å². The predicted molar refractivity (Wildman–Crippen MR) is 71.1 cm³/mol. The molecule has 1 heterocycles. The highest BCUT2D eigenvalue weighted by molar-refractivity contribution is 5.87. The molecular formula is C13H14N2O4. The van der Waals surface area contributed by atoms with Crippen LogP contribution in [-0.4, -0.2) is 16.0 Å². The van der Waals surface area contributed by atoms with Gasteiger partial charge in [0.1, 0.15) is 5.52 Å². The van der Waals surface area contributed by atoms with Gasteiger partial charge >= 0.3 is 0 Å². The number of hydrogen-bond donors (Lipinski definition) is 1. The van der Waals surface area contributed by atoms with E-state index < -0.39 is 4.92 Å². The summed E-state index contributed by atoms with van der Waals surface area (Å²) in [6.45, 7) is 3.94. The number of para-hydroxylation sites is 1. The third kappa shape index (κ3) is 2.63. The standard InChI is InChI=1S/C13H14N2O4/c1-8(2)19-7-9-6-14-12-10(13(9)16)4-3-5-11(12)15(17)18/h3-6,8H,7H2,1-2H3,(H,14,16). The van der Waals surface area contributed by atoms with Crippen molar-refractivity contribution in [1.29, 1.82) is 0 Å². The molecule has 0 spiro atoms. The molecule has 19 heavy (non-hydrogen) atoms. The lowest BCUT2D eigenvalue weighted by molar-refractivity contribution is -0.383. The highest BCUT2D eigenvalue weighted by Crippen LogP contribution is 2.21. The molecular weight excluding hydrogens is 248 g/mol. The third-order valence-corrected chi connectivity index (χ3v) is 2.74. The molecule has 1 aromatic carbocycles. The van der Waals surface area contributed by atoms with Crippen LogP contribution in [0.2, 0.25) is 0 Å². The van der Waals surface area contributed by atoms with Crippen molar-refractivity contribution in [3.05, 3.63) is 50.3 Å². The maximum absolute atomic E-state index is 12.2. The number of non-ortho nitro benzene ring substituents is 1. The molecule has 0 radical (unpaired) electrons. The molecule has 6 nitrogen and oxygen atoms in total. The number of nitrogens with zero attached hydrogens (tertiary/aromatic N) is 1. The summed E-state index contributed by atoms with van der Waals surface area (Å²) in [5.41, 5.74) is 0.358. The normalized spacial score (nSPS) is 11.1. The molecule has 2 rings (SSSR count). The molecule has 0 aliphatic heterocycles. The minimum atomic E-state index is -0.511. The number of aromatic nitrogens is 1. The zero-order valence-corrected chi connectivity index (χ0v) is 10.7. The van der Waals surface area contributed by atoms with Gasteiger partial charge in [-0.2, -0.15) is 0 Å². The molecule has 2 aromatic rings. The SMILES string of the molecule is CC(C)OCc1c[nH]c2c([N+](=O)[O-])cccc2c1=O. The Morgan fingerprint density at radius 3 is 2.79 bits per heavy atom. The van der Waals surface area contributed by atoms with Crippen LogP contribution in [0.1, 0.15) is 19.4 Å². The van der Waals surface area contributed by atoms with Gasteiger partial charge in [-0.05, 0) is 19.9 Å². The van der Waals surface area contributed by atoms with Crippen LogP contribution in [0, 0.1) is 10.1 Å². The van der Waals surface area contributed by atoms with Crippen LogP contribution in [0.15, 0.2) is 29.2 Å². The fourth-order valence-electron chi connectivity index (χ4n) is 1.79. The van der Waals surface area contributed by atoms with E-state index in [1.807, 2.05) is 13.8 Å². The maximum atomic E-state index is 12.2. The molecule has 0 amide bonds. The van der Waals surface area contributed by atoms with Crippen LogP contribution < -0.4 is 5.43 Å². The number of hydrogen-bond acceptors (Lipinski definition) is 4. The summed E-state index contributed by atoms with van der Waals surface area (Å²) in [5, 5.41) is 11.2. The van der Waals surface area contributed by atoms with Crippen LogP contribution >= 0.6 is 0 Å². The van der Waals surface area contributed by atoms with Crippen LogP contribution in [0.3, 0.4) is 0 Å². The Labute approximate surface area is 109 Å². The number of aromatic amines is 1. The lowest BCUT2D eigenvalue weighted by Crippen LogP contribution is -2.14. The van der Waals surface area contributed by atoms with Crippen molar-refractivity contribution >= 4 is 16.6 Å². The average Bonchev–Trinajstić information content (AvgIpc) is 2.37. The van der Waals surface area contributed by atoms with Gasteiger partial charge in [-0.3, -0.25) is 14.9 Å². The number of rotatable bonds is 4. The lowest BCUT2D eigenvalue weighted by Gasteiger charge is -2.07. The number of nitrogens with one attached hydrogen (secondary N) is 1. The fraction of sp³-hybridized carbons (Fsp3) is 0.308. The van der Waals surface area contributed by atoms with Crippen molar-refractivity contribution < 1.29 is 9.66 Å². The van der Waals surface area contributed by atoms with Crippen LogP contribution in [0.4, 0.5) is 5.69 Å². The highest BCUT2D eigenvalue weighted by Gasteiger charge is 2.15. The minimum Gasteiger partial charge on any atom is -0.374 e. The van der Waals surface area contributed by atoms with Gasteiger partial charge < -0.3 is 9.72 Å². The molecule has 6 heteroatoms. The number of benzene rings is 1. The van der Waals surface area contributed by atoms with Gasteiger partial charge in [0.05, 0.1) is 23.0 Å². The largest absolute Gasteiger partial charge is 0.374 e. The average molecular weight is 262 g/mol. The highest BCUT2D eigenvalue weighted by atomic mass is 16.6. The second-order valence-corrected chi connectivity index (χ2v) is 4.46. The van der Waals surface area contributed by atoms with E-state index in [4.69, 9.17) is 4.74 Å². The molecule has 0 saturated heterocycles. The molecule has 1 N–H and O–H groups in total. The van der Waals surface area contributed by atoms with Gasteiger partial charge in [-0.1, -0.05) is 6.07 Å². The number of nitro benzene ring substituents is 1. The predicted octanol–water partition coefficient (Wildman–Crippen LogP) is 2.36. The summed E-state index contributed by atoms with van der Waals surface area (Å²) < 4.78 is 5.38. The monoisotopic (exact) mass is 262 g/mol. The first-order valence-electron chi connectivity index (χ1n) is 5.90. The molecule has 100 valence electrons. The van der Waals surface area contributed by atoms with Gasteiger partial charge in [-0.15, -0.1) is 0 Å².